The zero-order valence-electron chi connectivity index (χ0n) is 19.6. The molecular formula is C26H24F7NO3. The van der Waals surface area contributed by atoms with Crippen molar-refractivity contribution in [1.82, 2.24) is 0 Å². The smallest absolute Gasteiger partial charge is 0.461 e. The molecule has 0 aromatic heterocycles. The molecule has 37 heavy (non-hydrogen) atoms. The van der Waals surface area contributed by atoms with Crippen molar-refractivity contribution in [3.63, 3.8) is 0 Å². The Hall–Kier alpha value is -3.47. The maximum Gasteiger partial charge on any atom is 0.461 e. The molecule has 1 atom stereocenters. The number of alkyl halides is 7. The molecule has 0 radical (unpaired) electrons. The number of aliphatic hydroxyl groups is 1. The number of aliphatic hydroxyl groups excluding tert-OH is 1. The highest BCUT2D eigenvalue weighted by molar-refractivity contribution is 5.51. The van der Waals surface area contributed by atoms with Gasteiger partial charge in [-0.05, 0) is 42.3 Å². The van der Waals surface area contributed by atoms with Gasteiger partial charge in [-0.25, -0.2) is 0 Å². The second-order valence-corrected chi connectivity index (χ2v) is 8.32. The summed E-state index contributed by atoms with van der Waals surface area (Å²) in [6.45, 7) is 0.950. The van der Waals surface area contributed by atoms with E-state index in [1.807, 2.05) is 31.2 Å². The first kappa shape index (κ1) is 28.1. The van der Waals surface area contributed by atoms with Crippen molar-refractivity contribution in [3.8, 4) is 11.5 Å². The monoisotopic (exact) mass is 531 g/mol. The minimum atomic E-state index is -4.91. The minimum absolute atomic E-state index is 0.183. The van der Waals surface area contributed by atoms with Crippen LogP contribution in [0.3, 0.4) is 0 Å². The predicted octanol–water partition coefficient (Wildman–Crippen LogP) is 6.74. The Balaban J connectivity index is 1.83. The van der Waals surface area contributed by atoms with E-state index >= 15 is 0 Å². The lowest BCUT2D eigenvalue weighted by molar-refractivity contribution is -0.253. The van der Waals surface area contributed by atoms with Crippen molar-refractivity contribution < 1.29 is 45.3 Å². The standard InChI is InChI=1S/C26H24F7NO3/c1-17-5-2-7-19(11-17)16-36-21-9-4-8-20(13-21)34(15-23(35)25(29,30)31)14-18-6-3-10-22(12-18)37-26(32,33)24(27)28/h2-13,23-24,35H,14-16H2,1H3. The molecule has 0 saturated heterocycles. The molecule has 0 bridgehead atoms. The molecule has 0 aliphatic heterocycles. The van der Waals surface area contributed by atoms with Crippen molar-refractivity contribution in [2.45, 2.75) is 44.9 Å². The average Bonchev–Trinajstić information content (AvgIpc) is 2.82. The third-order valence-electron chi connectivity index (χ3n) is 5.22. The second-order valence-electron chi connectivity index (χ2n) is 8.32. The van der Waals surface area contributed by atoms with E-state index in [9.17, 15) is 35.8 Å². The number of hydrogen-bond donors (Lipinski definition) is 1. The average molecular weight is 531 g/mol. The van der Waals surface area contributed by atoms with E-state index in [1.54, 1.807) is 12.1 Å². The highest BCUT2D eigenvalue weighted by atomic mass is 19.4. The summed E-state index contributed by atoms with van der Waals surface area (Å²) in [5.74, 6) is -0.242. The number of aryl methyl sites for hydroxylation is 1. The van der Waals surface area contributed by atoms with Gasteiger partial charge in [0.15, 0.2) is 6.10 Å². The summed E-state index contributed by atoms with van der Waals surface area (Å²) < 4.78 is 101. The molecule has 3 aromatic carbocycles. The van der Waals surface area contributed by atoms with E-state index in [2.05, 4.69) is 4.74 Å². The van der Waals surface area contributed by atoms with Crippen LogP contribution in [0.1, 0.15) is 16.7 Å². The zero-order valence-corrected chi connectivity index (χ0v) is 19.6. The summed E-state index contributed by atoms with van der Waals surface area (Å²) in [5, 5.41) is 9.71. The Kier molecular flexibility index (Phi) is 8.90. The molecule has 11 heteroatoms. The van der Waals surface area contributed by atoms with Gasteiger partial charge < -0.3 is 19.5 Å². The van der Waals surface area contributed by atoms with Crippen LogP contribution in [0.25, 0.3) is 0 Å². The van der Waals surface area contributed by atoms with E-state index in [0.29, 0.717) is 5.75 Å². The first-order valence-electron chi connectivity index (χ1n) is 11.1. The fourth-order valence-electron chi connectivity index (χ4n) is 3.44. The van der Waals surface area contributed by atoms with Crippen LogP contribution < -0.4 is 14.4 Å². The summed E-state index contributed by atoms with van der Waals surface area (Å²) in [4.78, 5) is 1.17. The number of benzene rings is 3. The predicted molar refractivity (Wildman–Crippen MR) is 123 cm³/mol. The highest BCUT2D eigenvalue weighted by Crippen LogP contribution is 2.30. The summed E-state index contributed by atoms with van der Waals surface area (Å²) in [6, 6.07) is 18.4. The lowest BCUT2D eigenvalue weighted by atomic mass is 10.1. The normalized spacial score (nSPS) is 12.9. The van der Waals surface area contributed by atoms with Gasteiger partial charge in [-0.2, -0.15) is 30.7 Å². The molecule has 0 aliphatic carbocycles. The van der Waals surface area contributed by atoms with Crippen LogP contribution in [0.2, 0.25) is 0 Å². The third kappa shape index (κ3) is 8.28. The molecule has 200 valence electrons. The van der Waals surface area contributed by atoms with Crippen LogP contribution in [0.15, 0.2) is 72.8 Å². The van der Waals surface area contributed by atoms with Gasteiger partial charge in [0.25, 0.3) is 0 Å². The Bertz CT molecular complexity index is 1170. The van der Waals surface area contributed by atoms with E-state index < -0.39 is 37.1 Å². The first-order chi connectivity index (χ1) is 17.3. The van der Waals surface area contributed by atoms with Crippen LogP contribution in [-0.4, -0.2) is 36.5 Å². The lowest BCUT2D eigenvalue weighted by Crippen LogP contribution is -2.40. The van der Waals surface area contributed by atoms with Crippen molar-refractivity contribution in [2.75, 3.05) is 11.4 Å². The van der Waals surface area contributed by atoms with Crippen molar-refractivity contribution in [1.29, 1.82) is 0 Å². The molecule has 0 fully saturated rings. The second kappa shape index (κ2) is 11.7. The molecular weight excluding hydrogens is 507 g/mol. The number of rotatable bonds is 11. The molecule has 0 amide bonds. The first-order valence-corrected chi connectivity index (χ1v) is 11.1. The van der Waals surface area contributed by atoms with E-state index in [-0.39, 0.29) is 24.4 Å². The van der Waals surface area contributed by atoms with Gasteiger partial charge >= 0.3 is 18.7 Å². The van der Waals surface area contributed by atoms with Crippen LogP contribution in [0, 0.1) is 6.92 Å². The minimum Gasteiger partial charge on any atom is -0.489 e. The van der Waals surface area contributed by atoms with Crippen molar-refractivity contribution in [3.05, 3.63) is 89.5 Å². The van der Waals surface area contributed by atoms with Gasteiger partial charge in [0, 0.05) is 18.3 Å². The quantitative estimate of drug-likeness (QED) is 0.278. The van der Waals surface area contributed by atoms with Crippen LogP contribution in [0.5, 0.6) is 11.5 Å². The van der Waals surface area contributed by atoms with Gasteiger partial charge in [0.1, 0.15) is 18.1 Å². The number of anilines is 1. The number of halogens is 7. The largest absolute Gasteiger partial charge is 0.489 e. The highest BCUT2D eigenvalue weighted by Gasteiger charge is 2.44. The summed E-state index contributed by atoms with van der Waals surface area (Å²) in [6.07, 6.45) is -16.4. The fourth-order valence-corrected chi connectivity index (χ4v) is 3.44. The van der Waals surface area contributed by atoms with Gasteiger partial charge in [0.05, 0.1) is 6.54 Å². The summed E-state index contributed by atoms with van der Waals surface area (Å²) in [5.41, 5.74) is 2.34. The molecule has 1 N–H and O–H groups in total. The number of hydrogen-bond acceptors (Lipinski definition) is 4. The molecule has 3 aromatic rings. The Labute approximate surface area is 208 Å². The molecule has 1 unspecified atom stereocenters. The van der Waals surface area contributed by atoms with Gasteiger partial charge in [-0.15, -0.1) is 0 Å². The van der Waals surface area contributed by atoms with Crippen LogP contribution >= 0.6 is 0 Å². The number of nitrogens with zero attached hydrogens (tertiary/aromatic N) is 1. The van der Waals surface area contributed by atoms with Gasteiger partial charge in [-0.1, -0.05) is 48.0 Å². The van der Waals surface area contributed by atoms with Crippen LogP contribution in [-0.2, 0) is 13.2 Å². The zero-order chi connectivity index (χ0) is 27.2. The summed E-state index contributed by atoms with van der Waals surface area (Å²) >= 11 is 0. The summed E-state index contributed by atoms with van der Waals surface area (Å²) in [7, 11) is 0. The Morgan fingerprint density at radius 2 is 1.49 bits per heavy atom. The number of ether oxygens (including phenoxy) is 2. The maximum absolute atomic E-state index is 13.3. The maximum atomic E-state index is 13.3. The van der Waals surface area contributed by atoms with Crippen molar-refractivity contribution >= 4 is 5.69 Å². The topological polar surface area (TPSA) is 41.9 Å². The van der Waals surface area contributed by atoms with Crippen molar-refractivity contribution in [2.24, 2.45) is 0 Å². The fraction of sp³-hybridized carbons (Fsp3) is 0.308. The third-order valence-corrected chi connectivity index (χ3v) is 5.22. The SMILES string of the molecule is Cc1cccc(COc2cccc(N(Cc3cccc(OC(F)(F)C(F)F)c3)CC(O)C(F)(F)F)c2)c1. The Morgan fingerprint density at radius 3 is 2.16 bits per heavy atom. The molecule has 0 saturated carbocycles. The van der Waals surface area contributed by atoms with Gasteiger partial charge in [-0.3, -0.25) is 0 Å². The molecule has 0 heterocycles. The van der Waals surface area contributed by atoms with E-state index in [4.69, 9.17) is 4.74 Å². The van der Waals surface area contributed by atoms with E-state index in [0.717, 1.165) is 23.3 Å². The molecule has 0 aliphatic rings. The van der Waals surface area contributed by atoms with Crippen LogP contribution in [0.4, 0.5) is 36.4 Å². The van der Waals surface area contributed by atoms with E-state index in [1.165, 1.54) is 29.2 Å². The van der Waals surface area contributed by atoms with Gasteiger partial charge in [0.2, 0.25) is 0 Å². The Morgan fingerprint density at radius 1 is 0.838 bits per heavy atom. The molecule has 3 rings (SSSR count). The molecule has 4 nitrogen and oxygen atoms in total. The lowest BCUT2D eigenvalue weighted by Gasteiger charge is -2.29. The molecule has 0 spiro atoms.